The molecule has 0 unspecified atom stereocenters. The number of aliphatic hydroxyl groups is 1. The number of anilines is 1. The normalized spacial score (nSPS) is 15.5. The van der Waals surface area contributed by atoms with E-state index in [-0.39, 0.29) is 12.5 Å². The maximum atomic E-state index is 12.9. The van der Waals surface area contributed by atoms with Crippen LogP contribution in [-0.2, 0) is 0 Å². The van der Waals surface area contributed by atoms with Crippen LogP contribution < -0.4 is 15.4 Å². The van der Waals surface area contributed by atoms with E-state index < -0.39 is 5.60 Å². The summed E-state index contributed by atoms with van der Waals surface area (Å²) >= 11 is 0. The number of fused-ring (bicyclic) bond motifs is 1. The third-order valence-electron chi connectivity index (χ3n) is 5.86. The molecule has 1 fully saturated rings. The second kappa shape index (κ2) is 9.50. The molecule has 4 rings (SSSR count). The smallest absolute Gasteiger partial charge is 0.253 e. The van der Waals surface area contributed by atoms with Gasteiger partial charge in [-0.3, -0.25) is 14.8 Å². The van der Waals surface area contributed by atoms with Crippen LogP contribution in [0.5, 0.6) is 5.75 Å². The molecule has 0 spiro atoms. The van der Waals surface area contributed by atoms with E-state index in [2.05, 4.69) is 14.9 Å². The number of carbonyl (C=O) groups is 1. The molecule has 1 saturated heterocycles. The number of ether oxygens (including phenoxy) is 1. The van der Waals surface area contributed by atoms with Gasteiger partial charge in [0.2, 0.25) is 0 Å². The van der Waals surface area contributed by atoms with Crippen molar-refractivity contribution >= 4 is 22.6 Å². The first kappa shape index (κ1) is 22.0. The van der Waals surface area contributed by atoms with Gasteiger partial charge in [-0.25, -0.2) is 0 Å². The molecule has 3 aromatic rings. The summed E-state index contributed by atoms with van der Waals surface area (Å²) in [6.45, 7) is 2.43. The lowest BCUT2D eigenvalue weighted by Gasteiger charge is -2.41. The highest BCUT2D eigenvalue weighted by Gasteiger charge is 2.35. The predicted molar refractivity (Wildman–Crippen MR) is 124 cm³/mol. The largest absolute Gasteiger partial charge is 0.492 e. The van der Waals surface area contributed by atoms with E-state index in [4.69, 9.17) is 10.5 Å². The van der Waals surface area contributed by atoms with Gasteiger partial charge in [-0.15, -0.1) is 0 Å². The number of likely N-dealkylation sites (N-methyl/N-ethyl adjacent to an activating group) is 1. The summed E-state index contributed by atoms with van der Waals surface area (Å²) in [5.41, 5.74) is 7.81. The number of benzene rings is 1. The maximum absolute atomic E-state index is 12.9. The summed E-state index contributed by atoms with van der Waals surface area (Å²) in [7, 11) is 1.72. The molecular weight excluding hydrogens is 406 g/mol. The van der Waals surface area contributed by atoms with E-state index in [0.29, 0.717) is 50.4 Å². The summed E-state index contributed by atoms with van der Waals surface area (Å²) < 4.78 is 5.52. The maximum Gasteiger partial charge on any atom is 0.253 e. The van der Waals surface area contributed by atoms with Crippen molar-refractivity contribution in [2.45, 2.75) is 18.4 Å². The second-order valence-electron chi connectivity index (χ2n) is 8.24. The van der Waals surface area contributed by atoms with Crippen molar-refractivity contribution in [2.75, 3.05) is 44.7 Å². The fourth-order valence-corrected chi connectivity index (χ4v) is 4.17. The first-order valence-electron chi connectivity index (χ1n) is 10.8. The molecule has 32 heavy (non-hydrogen) atoms. The van der Waals surface area contributed by atoms with Crippen molar-refractivity contribution < 1.29 is 14.6 Å². The van der Waals surface area contributed by atoms with Gasteiger partial charge in [0.15, 0.2) is 0 Å². The Morgan fingerprint density at radius 1 is 1.19 bits per heavy atom. The molecule has 3 heterocycles. The summed E-state index contributed by atoms with van der Waals surface area (Å²) in [5, 5.41) is 11.2. The summed E-state index contributed by atoms with van der Waals surface area (Å²) in [5.74, 6) is 0.461. The number of pyridine rings is 2. The molecule has 1 aliphatic rings. The van der Waals surface area contributed by atoms with Crippen molar-refractivity contribution in [1.82, 2.24) is 14.9 Å². The Morgan fingerprint density at radius 3 is 2.78 bits per heavy atom. The van der Waals surface area contributed by atoms with E-state index in [1.54, 1.807) is 48.6 Å². The van der Waals surface area contributed by atoms with Crippen LogP contribution in [0.1, 0.15) is 23.2 Å². The average molecular weight is 436 g/mol. The van der Waals surface area contributed by atoms with E-state index in [9.17, 15) is 9.90 Å². The minimum absolute atomic E-state index is 0.150. The zero-order valence-electron chi connectivity index (χ0n) is 18.3. The molecule has 0 bridgehead atoms. The third kappa shape index (κ3) is 4.81. The van der Waals surface area contributed by atoms with Gasteiger partial charge in [0.25, 0.3) is 5.91 Å². The van der Waals surface area contributed by atoms with Gasteiger partial charge in [-0.05, 0) is 49.2 Å². The molecule has 0 saturated carbocycles. The lowest BCUT2D eigenvalue weighted by Crippen LogP contribution is -2.51. The molecule has 1 aromatic carbocycles. The summed E-state index contributed by atoms with van der Waals surface area (Å²) in [4.78, 5) is 25.6. The highest BCUT2D eigenvalue weighted by Crippen LogP contribution is 2.30. The van der Waals surface area contributed by atoms with Gasteiger partial charge in [0.05, 0.1) is 16.8 Å². The number of hydrogen-bond acceptors (Lipinski definition) is 7. The first-order chi connectivity index (χ1) is 15.5. The Balaban J connectivity index is 1.39. The predicted octanol–water partition coefficient (Wildman–Crippen LogP) is 2.07. The monoisotopic (exact) mass is 435 g/mol. The Hall–Kier alpha value is -3.23. The number of amides is 1. The quantitative estimate of drug-likeness (QED) is 0.585. The number of nitrogens with zero attached hydrogens (tertiary/aromatic N) is 4. The van der Waals surface area contributed by atoms with Gasteiger partial charge in [0, 0.05) is 51.2 Å². The topological polar surface area (TPSA) is 105 Å². The van der Waals surface area contributed by atoms with Crippen LogP contribution in [0.4, 0.5) is 5.69 Å². The van der Waals surface area contributed by atoms with Crippen LogP contribution in [-0.4, -0.2) is 71.3 Å². The molecule has 8 nitrogen and oxygen atoms in total. The molecule has 1 amide bonds. The van der Waals surface area contributed by atoms with E-state index in [1.165, 1.54) is 0 Å². The zero-order valence-corrected chi connectivity index (χ0v) is 18.3. The molecule has 3 N–H and O–H groups in total. The molecule has 168 valence electrons. The van der Waals surface area contributed by atoms with Crippen LogP contribution in [0, 0.1) is 0 Å². The lowest BCUT2D eigenvalue weighted by atomic mass is 9.90. The SMILES string of the molecule is CN(CC1(O)CCN(c2ccnc3cccnc23)CC1)C(=O)c1cccc(OCCN)c1. The van der Waals surface area contributed by atoms with E-state index >= 15 is 0 Å². The van der Waals surface area contributed by atoms with E-state index in [0.717, 1.165) is 16.7 Å². The standard InChI is InChI=1S/C24H29N5O3/c1-28(23(30)18-4-2-5-19(16-18)32-15-10-25)17-24(31)8-13-29(14-9-24)21-7-12-26-20-6-3-11-27-22(20)21/h2-7,11-12,16,31H,8-10,13-15,17,25H2,1H3. The first-order valence-corrected chi connectivity index (χ1v) is 10.8. The van der Waals surface area contributed by atoms with E-state index in [1.807, 2.05) is 18.2 Å². The molecule has 0 radical (unpaired) electrons. The van der Waals surface area contributed by atoms with Crippen molar-refractivity contribution in [1.29, 1.82) is 0 Å². The third-order valence-corrected chi connectivity index (χ3v) is 5.86. The highest BCUT2D eigenvalue weighted by atomic mass is 16.5. The molecule has 2 aromatic heterocycles. The molecule has 0 aliphatic carbocycles. The van der Waals surface area contributed by atoms with Gasteiger partial charge < -0.3 is 25.4 Å². The van der Waals surface area contributed by atoms with Crippen molar-refractivity contribution in [3.63, 3.8) is 0 Å². The average Bonchev–Trinajstić information content (AvgIpc) is 2.82. The van der Waals surface area contributed by atoms with Crippen LogP contribution in [0.15, 0.2) is 54.9 Å². The number of rotatable bonds is 7. The van der Waals surface area contributed by atoms with Crippen LogP contribution >= 0.6 is 0 Å². The van der Waals surface area contributed by atoms with Crippen LogP contribution in [0.25, 0.3) is 11.0 Å². The Morgan fingerprint density at radius 2 is 2.00 bits per heavy atom. The number of hydrogen-bond donors (Lipinski definition) is 2. The fraction of sp³-hybridized carbons (Fsp3) is 0.375. The highest BCUT2D eigenvalue weighted by molar-refractivity contribution is 5.94. The van der Waals surface area contributed by atoms with Crippen LogP contribution in [0.3, 0.4) is 0 Å². The number of aromatic nitrogens is 2. The van der Waals surface area contributed by atoms with Crippen LogP contribution in [0.2, 0.25) is 0 Å². The Labute approximate surface area is 187 Å². The van der Waals surface area contributed by atoms with Gasteiger partial charge >= 0.3 is 0 Å². The summed E-state index contributed by atoms with van der Waals surface area (Å²) in [6, 6.07) is 12.8. The molecule has 8 heteroatoms. The fourth-order valence-electron chi connectivity index (χ4n) is 4.17. The molecule has 1 aliphatic heterocycles. The number of nitrogens with two attached hydrogens (primary N) is 1. The summed E-state index contributed by atoms with van der Waals surface area (Å²) in [6.07, 6.45) is 4.67. The number of carbonyl (C=O) groups excluding carboxylic acids is 1. The number of piperidine rings is 1. The lowest BCUT2D eigenvalue weighted by molar-refractivity contribution is -0.00800. The second-order valence-corrected chi connectivity index (χ2v) is 8.24. The van der Waals surface area contributed by atoms with Gasteiger partial charge in [0.1, 0.15) is 17.9 Å². The minimum Gasteiger partial charge on any atom is -0.492 e. The van der Waals surface area contributed by atoms with Crippen molar-refractivity contribution in [3.8, 4) is 5.75 Å². The van der Waals surface area contributed by atoms with Crippen molar-refractivity contribution in [3.05, 3.63) is 60.4 Å². The van der Waals surface area contributed by atoms with Crippen molar-refractivity contribution in [2.24, 2.45) is 5.73 Å². The molecule has 0 atom stereocenters. The van der Waals surface area contributed by atoms with Gasteiger partial charge in [-0.1, -0.05) is 6.07 Å². The Kier molecular flexibility index (Phi) is 6.53. The molecular formula is C24H29N5O3. The Bertz CT molecular complexity index is 1080. The minimum atomic E-state index is -0.940. The van der Waals surface area contributed by atoms with Gasteiger partial charge in [-0.2, -0.15) is 0 Å². The zero-order chi connectivity index (χ0) is 22.6.